The summed E-state index contributed by atoms with van der Waals surface area (Å²) in [5.41, 5.74) is 1.40. The van der Waals surface area contributed by atoms with Crippen molar-refractivity contribution in [2.75, 3.05) is 5.32 Å². The zero-order chi connectivity index (χ0) is 14.0. The highest BCUT2D eigenvalue weighted by molar-refractivity contribution is 9.10. The number of hydrogen-bond donors (Lipinski definition) is 2. The van der Waals surface area contributed by atoms with Crippen LogP contribution >= 0.6 is 39.1 Å². The third kappa shape index (κ3) is 3.53. The van der Waals surface area contributed by atoms with Gasteiger partial charge in [-0.15, -0.1) is 0 Å². The highest BCUT2D eigenvalue weighted by Gasteiger charge is 2.08. The van der Waals surface area contributed by atoms with E-state index < -0.39 is 5.82 Å². The molecule has 0 saturated carbocycles. The number of halogens is 4. The van der Waals surface area contributed by atoms with Crippen molar-refractivity contribution in [3.05, 3.63) is 56.2 Å². The first kappa shape index (κ1) is 14.4. The molecule has 2 nitrogen and oxygen atoms in total. The monoisotopic (exact) mass is 363 g/mol. The number of phenols is 1. The quantitative estimate of drug-likeness (QED) is 0.783. The fraction of sp³-hybridized carbons (Fsp3) is 0.0769. The Balaban J connectivity index is 2.16. The normalized spacial score (nSPS) is 10.5. The van der Waals surface area contributed by atoms with Crippen LogP contribution < -0.4 is 5.32 Å². The number of hydrogen-bond acceptors (Lipinski definition) is 2. The molecule has 6 heteroatoms. The van der Waals surface area contributed by atoms with Gasteiger partial charge in [0.25, 0.3) is 0 Å². The summed E-state index contributed by atoms with van der Waals surface area (Å²) in [5.74, 6) is -0.311. The number of anilines is 1. The molecule has 2 N–H and O–H groups in total. The van der Waals surface area contributed by atoms with Crippen molar-refractivity contribution < 1.29 is 9.50 Å². The summed E-state index contributed by atoms with van der Waals surface area (Å²) in [6.07, 6.45) is 0. The van der Waals surface area contributed by atoms with E-state index in [4.69, 9.17) is 23.2 Å². The molecule has 0 aliphatic carbocycles. The Morgan fingerprint density at radius 1 is 1.16 bits per heavy atom. The fourth-order valence-corrected chi connectivity index (χ4v) is 2.58. The highest BCUT2D eigenvalue weighted by atomic mass is 79.9. The number of rotatable bonds is 3. The molecule has 0 atom stereocenters. The number of phenolic OH excluding ortho intramolecular Hbond substituents is 1. The molecule has 0 aliphatic heterocycles. The summed E-state index contributed by atoms with van der Waals surface area (Å²) < 4.78 is 13.6. The van der Waals surface area contributed by atoms with Crippen LogP contribution in [0.1, 0.15) is 5.56 Å². The first-order valence-electron chi connectivity index (χ1n) is 5.33. The minimum atomic E-state index is -0.479. The van der Waals surface area contributed by atoms with E-state index in [1.165, 1.54) is 12.1 Å². The Kier molecular flexibility index (Phi) is 4.55. The number of nitrogens with one attached hydrogen (secondary N) is 1. The Bertz CT molecular complexity index is 599. The van der Waals surface area contributed by atoms with E-state index >= 15 is 0 Å². The molecular formula is C13H9BrCl2FNO. The molecule has 2 aromatic rings. The Morgan fingerprint density at radius 3 is 2.37 bits per heavy atom. The maximum Gasteiger partial charge on any atom is 0.129 e. The third-order valence-electron chi connectivity index (χ3n) is 2.49. The van der Waals surface area contributed by atoms with Crippen LogP contribution in [0, 0.1) is 5.82 Å². The highest BCUT2D eigenvalue weighted by Crippen LogP contribution is 2.32. The van der Waals surface area contributed by atoms with E-state index in [2.05, 4.69) is 21.2 Å². The molecule has 2 rings (SSSR count). The number of benzene rings is 2. The van der Waals surface area contributed by atoms with Crippen molar-refractivity contribution in [3.63, 3.8) is 0 Å². The van der Waals surface area contributed by atoms with E-state index in [0.29, 0.717) is 16.7 Å². The second-order valence-corrected chi connectivity index (χ2v) is 5.55. The lowest BCUT2D eigenvalue weighted by Gasteiger charge is -2.11. The van der Waals surface area contributed by atoms with Gasteiger partial charge < -0.3 is 10.4 Å². The molecule has 0 radical (unpaired) electrons. The van der Waals surface area contributed by atoms with Gasteiger partial charge in [0.15, 0.2) is 0 Å². The van der Waals surface area contributed by atoms with Gasteiger partial charge in [-0.25, -0.2) is 4.39 Å². The van der Waals surface area contributed by atoms with E-state index in [9.17, 15) is 9.50 Å². The van der Waals surface area contributed by atoms with Gasteiger partial charge in [-0.05, 0) is 45.8 Å². The van der Waals surface area contributed by atoms with Crippen molar-refractivity contribution in [2.45, 2.75) is 6.54 Å². The van der Waals surface area contributed by atoms with Gasteiger partial charge in [0, 0.05) is 6.54 Å². The van der Waals surface area contributed by atoms with E-state index in [-0.39, 0.29) is 15.8 Å². The summed E-state index contributed by atoms with van der Waals surface area (Å²) in [4.78, 5) is 0. The van der Waals surface area contributed by atoms with Crippen molar-refractivity contribution in [1.82, 2.24) is 0 Å². The summed E-state index contributed by atoms with van der Waals surface area (Å²) >= 11 is 15.1. The van der Waals surface area contributed by atoms with Crippen molar-refractivity contribution in [2.24, 2.45) is 0 Å². The summed E-state index contributed by atoms with van der Waals surface area (Å²) in [7, 11) is 0. The lowest BCUT2D eigenvalue weighted by atomic mass is 10.2. The van der Waals surface area contributed by atoms with E-state index in [1.54, 1.807) is 18.2 Å². The van der Waals surface area contributed by atoms with Gasteiger partial charge in [0.05, 0.1) is 20.2 Å². The van der Waals surface area contributed by atoms with Crippen LogP contribution in [0.3, 0.4) is 0 Å². The fourth-order valence-electron chi connectivity index (χ4n) is 1.56. The SMILES string of the molecule is Oc1ccc(CNc2c(Cl)cc(F)cc2Cl)cc1Br. The largest absolute Gasteiger partial charge is 0.507 e. The average Bonchev–Trinajstić information content (AvgIpc) is 2.32. The molecule has 0 spiro atoms. The zero-order valence-electron chi connectivity index (χ0n) is 9.55. The molecule has 0 fully saturated rings. The lowest BCUT2D eigenvalue weighted by Crippen LogP contribution is -2.01. The van der Waals surface area contributed by atoms with E-state index in [0.717, 1.165) is 5.56 Å². The predicted molar refractivity (Wildman–Crippen MR) is 79.6 cm³/mol. The summed E-state index contributed by atoms with van der Waals surface area (Å²) in [6.45, 7) is 0.448. The molecule has 19 heavy (non-hydrogen) atoms. The van der Waals surface area contributed by atoms with Gasteiger partial charge in [0.2, 0.25) is 0 Å². The number of aromatic hydroxyl groups is 1. The Morgan fingerprint density at radius 2 is 1.79 bits per heavy atom. The van der Waals surface area contributed by atoms with Crippen LogP contribution in [0.5, 0.6) is 5.75 Å². The molecule has 0 heterocycles. The van der Waals surface area contributed by atoms with Crippen molar-refractivity contribution in [3.8, 4) is 5.75 Å². The molecule has 0 amide bonds. The second kappa shape index (κ2) is 5.99. The van der Waals surface area contributed by atoms with Crippen molar-refractivity contribution >= 4 is 44.8 Å². The van der Waals surface area contributed by atoms with Crippen LogP contribution in [0.25, 0.3) is 0 Å². The van der Waals surface area contributed by atoms with Gasteiger partial charge in [0.1, 0.15) is 11.6 Å². The van der Waals surface area contributed by atoms with Gasteiger partial charge in [-0.2, -0.15) is 0 Å². The average molecular weight is 365 g/mol. The van der Waals surface area contributed by atoms with Crippen LogP contribution in [0.15, 0.2) is 34.8 Å². The minimum absolute atomic E-state index is 0.168. The van der Waals surface area contributed by atoms with Crippen LogP contribution in [-0.2, 0) is 6.54 Å². The van der Waals surface area contributed by atoms with Crippen molar-refractivity contribution in [1.29, 1.82) is 0 Å². The molecule has 0 aliphatic rings. The molecule has 100 valence electrons. The second-order valence-electron chi connectivity index (χ2n) is 3.88. The zero-order valence-corrected chi connectivity index (χ0v) is 12.7. The summed E-state index contributed by atoms with van der Waals surface area (Å²) in [5, 5.41) is 12.9. The smallest absolute Gasteiger partial charge is 0.129 e. The molecule has 0 aromatic heterocycles. The van der Waals surface area contributed by atoms with Crippen LogP contribution in [0.4, 0.5) is 10.1 Å². The van der Waals surface area contributed by atoms with Gasteiger partial charge in [-0.1, -0.05) is 29.3 Å². The lowest BCUT2D eigenvalue weighted by molar-refractivity contribution is 0.471. The molecule has 2 aromatic carbocycles. The van der Waals surface area contributed by atoms with Gasteiger partial charge >= 0.3 is 0 Å². The molecule has 0 saturated heterocycles. The maximum atomic E-state index is 13.0. The molecule has 0 unspecified atom stereocenters. The third-order valence-corrected chi connectivity index (χ3v) is 3.72. The molecule has 0 bridgehead atoms. The predicted octanol–water partition coefficient (Wildman–Crippen LogP) is 5.21. The van der Waals surface area contributed by atoms with Crippen LogP contribution in [0.2, 0.25) is 10.0 Å². The maximum absolute atomic E-state index is 13.0. The van der Waals surface area contributed by atoms with E-state index in [1.807, 2.05) is 0 Å². The topological polar surface area (TPSA) is 32.3 Å². The standard InChI is InChI=1S/C13H9BrCl2FNO/c14-9-3-7(1-2-12(9)19)6-18-13-10(15)4-8(17)5-11(13)16/h1-5,18-19H,6H2. The Hall–Kier alpha value is -0.970. The summed E-state index contributed by atoms with van der Waals surface area (Å²) in [6, 6.07) is 7.51. The minimum Gasteiger partial charge on any atom is -0.507 e. The first-order chi connectivity index (χ1) is 8.97. The van der Waals surface area contributed by atoms with Gasteiger partial charge in [-0.3, -0.25) is 0 Å². The Labute approximate surface area is 128 Å². The first-order valence-corrected chi connectivity index (χ1v) is 6.88. The molecular weight excluding hydrogens is 356 g/mol. The van der Waals surface area contributed by atoms with Crippen LogP contribution in [-0.4, -0.2) is 5.11 Å².